The Labute approximate surface area is 152 Å². The highest BCUT2D eigenvalue weighted by atomic mass is 16.5. The zero-order chi connectivity index (χ0) is 18.9. The summed E-state index contributed by atoms with van der Waals surface area (Å²) in [7, 11) is 0. The number of nitrogens with zero attached hydrogens (tertiary/aromatic N) is 2. The van der Waals surface area contributed by atoms with Crippen molar-refractivity contribution in [1.29, 1.82) is 0 Å². The van der Waals surface area contributed by atoms with Crippen LogP contribution in [0, 0.1) is 0 Å². The fraction of sp³-hybridized carbons (Fsp3) is 0.316. The Morgan fingerprint density at radius 1 is 1.19 bits per heavy atom. The molecule has 0 saturated heterocycles. The number of hydrazone groups is 1. The van der Waals surface area contributed by atoms with Crippen LogP contribution in [0.25, 0.3) is 0 Å². The summed E-state index contributed by atoms with van der Waals surface area (Å²) in [5.74, 6) is 0.740. The third kappa shape index (κ3) is 4.72. The molecular weight excluding hydrogens is 334 g/mol. The van der Waals surface area contributed by atoms with E-state index in [9.17, 15) is 9.59 Å². The van der Waals surface area contributed by atoms with E-state index in [0.717, 1.165) is 0 Å². The molecular formula is C19H23N3O4. The van der Waals surface area contributed by atoms with E-state index in [1.165, 1.54) is 16.8 Å². The second kappa shape index (κ2) is 9.41. The lowest BCUT2D eigenvalue weighted by molar-refractivity contribution is 0.0953. The number of rotatable bonds is 8. The fourth-order valence-corrected chi connectivity index (χ4v) is 2.34. The lowest BCUT2D eigenvalue weighted by Crippen LogP contribution is -2.30. The van der Waals surface area contributed by atoms with Crippen molar-refractivity contribution in [3.05, 3.63) is 58.0 Å². The Kier molecular flexibility index (Phi) is 6.96. The standard InChI is InChI=1S/C19H23N3O4/c1-4-22-11-7-8-16(19(22)24)18(23)21-20-13-14-9-10-15(25-5-2)12-17(14)26-6-3/h7-13H,4-6H2,1-3H3,(H,21,23)/b20-13-. The summed E-state index contributed by atoms with van der Waals surface area (Å²) in [4.78, 5) is 24.3. The number of pyridine rings is 1. The van der Waals surface area contributed by atoms with E-state index in [2.05, 4.69) is 10.5 Å². The Balaban J connectivity index is 2.15. The molecule has 2 rings (SSSR count). The number of nitrogens with one attached hydrogen (secondary N) is 1. The highest BCUT2D eigenvalue weighted by molar-refractivity contribution is 5.94. The summed E-state index contributed by atoms with van der Waals surface area (Å²) >= 11 is 0. The monoisotopic (exact) mass is 357 g/mol. The first-order valence-corrected chi connectivity index (χ1v) is 8.53. The van der Waals surface area contributed by atoms with E-state index in [4.69, 9.17) is 9.47 Å². The van der Waals surface area contributed by atoms with Crippen LogP contribution in [0.4, 0.5) is 0 Å². The van der Waals surface area contributed by atoms with Gasteiger partial charge in [0.1, 0.15) is 17.1 Å². The van der Waals surface area contributed by atoms with E-state index in [-0.39, 0.29) is 11.1 Å². The molecule has 0 saturated carbocycles. The van der Waals surface area contributed by atoms with Crippen molar-refractivity contribution in [3.63, 3.8) is 0 Å². The van der Waals surface area contributed by atoms with Gasteiger partial charge in [-0.05, 0) is 45.0 Å². The molecule has 26 heavy (non-hydrogen) atoms. The quantitative estimate of drug-likeness (QED) is 0.581. The number of aromatic nitrogens is 1. The van der Waals surface area contributed by atoms with Gasteiger partial charge in [-0.15, -0.1) is 0 Å². The zero-order valence-corrected chi connectivity index (χ0v) is 15.2. The van der Waals surface area contributed by atoms with Gasteiger partial charge in [0.15, 0.2) is 0 Å². The number of hydrogen-bond donors (Lipinski definition) is 1. The van der Waals surface area contributed by atoms with E-state index in [0.29, 0.717) is 36.8 Å². The van der Waals surface area contributed by atoms with Gasteiger partial charge in [-0.3, -0.25) is 9.59 Å². The molecule has 1 heterocycles. The van der Waals surface area contributed by atoms with Crippen molar-refractivity contribution in [2.45, 2.75) is 27.3 Å². The van der Waals surface area contributed by atoms with Crippen LogP contribution in [0.15, 0.2) is 46.4 Å². The molecule has 0 atom stereocenters. The lowest BCUT2D eigenvalue weighted by atomic mass is 10.2. The normalized spacial score (nSPS) is 10.7. The van der Waals surface area contributed by atoms with Crippen molar-refractivity contribution < 1.29 is 14.3 Å². The molecule has 1 amide bonds. The number of carbonyl (C=O) groups excluding carboxylic acids is 1. The highest BCUT2D eigenvalue weighted by Crippen LogP contribution is 2.23. The summed E-state index contributed by atoms with van der Waals surface area (Å²) in [6, 6.07) is 8.49. The molecule has 0 aliphatic carbocycles. The SMILES string of the molecule is CCOc1ccc(/C=N\NC(=O)c2cccn(CC)c2=O)c(OCC)c1. The van der Waals surface area contributed by atoms with E-state index in [1.807, 2.05) is 20.8 Å². The molecule has 7 nitrogen and oxygen atoms in total. The maximum Gasteiger partial charge on any atom is 0.276 e. The van der Waals surface area contributed by atoms with Gasteiger partial charge < -0.3 is 14.0 Å². The predicted molar refractivity (Wildman–Crippen MR) is 100 cm³/mol. The molecule has 7 heteroatoms. The molecule has 0 aliphatic heterocycles. The minimum Gasteiger partial charge on any atom is -0.494 e. The van der Waals surface area contributed by atoms with Gasteiger partial charge in [-0.1, -0.05) is 0 Å². The number of amides is 1. The predicted octanol–water partition coefficient (Wildman–Crippen LogP) is 2.43. The Hall–Kier alpha value is -3.09. The van der Waals surface area contributed by atoms with Gasteiger partial charge in [-0.25, -0.2) is 5.43 Å². The number of ether oxygens (including phenoxy) is 2. The minimum absolute atomic E-state index is 0.0447. The molecule has 138 valence electrons. The second-order valence-corrected chi connectivity index (χ2v) is 5.28. The van der Waals surface area contributed by atoms with E-state index >= 15 is 0 Å². The topological polar surface area (TPSA) is 81.9 Å². The number of benzene rings is 1. The van der Waals surface area contributed by atoms with Crippen LogP contribution in [0.2, 0.25) is 0 Å². The molecule has 1 aromatic heterocycles. The minimum atomic E-state index is -0.557. The van der Waals surface area contributed by atoms with Gasteiger partial charge in [0.25, 0.3) is 11.5 Å². The van der Waals surface area contributed by atoms with Gasteiger partial charge in [0.05, 0.1) is 19.4 Å². The van der Waals surface area contributed by atoms with Crippen molar-refractivity contribution in [2.24, 2.45) is 5.10 Å². The lowest BCUT2D eigenvalue weighted by Gasteiger charge is -2.10. The molecule has 0 aliphatic rings. The maximum absolute atomic E-state index is 12.2. The van der Waals surface area contributed by atoms with Crippen molar-refractivity contribution in [1.82, 2.24) is 9.99 Å². The Morgan fingerprint density at radius 3 is 2.65 bits per heavy atom. The molecule has 0 radical (unpaired) electrons. The van der Waals surface area contributed by atoms with Crippen LogP contribution in [0.3, 0.4) is 0 Å². The van der Waals surface area contributed by atoms with Crippen molar-refractivity contribution in [2.75, 3.05) is 13.2 Å². The van der Waals surface area contributed by atoms with Crippen LogP contribution in [-0.4, -0.2) is 29.9 Å². The van der Waals surface area contributed by atoms with Crippen LogP contribution in [0.5, 0.6) is 11.5 Å². The molecule has 1 N–H and O–H groups in total. The summed E-state index contributed by atoms with van der Waals surface area (Å²) in [5.41, 5.74) is 2.76. The molecule has 1 aromatic carbocycles. The first kappa shape index (κ1) is 19.2. The van der Waals surface area contributed by atoms with Crippen LogP contribution >= 0.6 is 0 Å². The Morgan fingerprint density at radius 2 is 1.96 bits per heavy atom. The second-order valence-electron chi connectivity index (χ2n) is 5.28. The smallest absolute Gasteiger partial charge is 0.276 e. The van der Waals surface area contributed by atoms with Crippen molar-refractivity contribution >= 4 is 12.1 Å². The molecule has 0 fully saturated rings. The average molecular weight is 357 g/mol. The van der Waals surface area contributed by atoms with Crippen LogP contribution in [-0.2, 0) is 6.54 Å². The summed E-state index contributed by atoms with van der Waals surface area (Å²) in [5, 5.41) is 3.94. The molecule has 0 spiro atoms. The van der Waals surface area contributed by atoms with Crippen LogP contribution in [0.1, 0.15) is 36.7 Å². The van der Waals surface area contributed by atoms with Gasteiger partial charge in [0.2, 0.25) is 0 Å². The third-order valence-corrected chi connectivity index (χ3v) is 3.57. The third-order valence-electron chi connectivity index (χ3n) is 3.57. The summed E-state index contributed by atoms with van der Waals surface area (Å²) in [6.45, 7) is 7.16. The molecule has 0 bridgehead atoms. The van der Waals surface area contributed by atoms with E-state index in [1.54, 1.807) is 30.5 Å². The number of hydrogen-bond acceptors (Lipinski definition) is 5. The van der Waals surface area contributed by atoms with Gasteiger partial charge in [-0.2, -0.15) is 5.10 Å². The van der Waals surface area contributed by atoms with Crippen molar-refractivity contribution in [3.8, 4) is 11.5 Å². The zero-order valence-electron chi connectivity index (χ0n) is 15.2. The molecule has 2 aromatic rings. The maximum atomic E-state index is 12.2. The first-order chi connectivity index (χ1) is 12.6. The van der Waals surface area contributed by atoms with Crippen LogP contribution < -0.4 is 20.5 Å². The first-order valence-electron chi connectivity index (χ1n) is 8.53. The van der Waals surface area contributed by atoms with E-state index < -0.39 is 5.91 Å². The average Bonchev–Trinajstić information content (AvgIpc) is 2.64. The number of carbonyl (C=O) groups is 1. The highest BCUT2D eigenvalue weighted by Gasteiger charge is 2.11. The van der Waals surface area contributed by atoms with Gasteiger partial charge >= 0.3 is 0 Å². The Bertz CT molecular complexity index is 843. The fourth-order valence-electron chi connectivity index (χ4n) is 2.34. The largest absolute Gasteiger partial charge is 0.494 e. The summed E-state index contributed by atoms with van der Waals surface area (Å²) in [6.07, 6.45) is 3.11. The number of aryl methyl sites for hydroxylation is 1. The van der Waals surface area contributed by atoms with Gasteiger partial charge in [0, 0.05) is 24.4 Å². The molecule has 0 unspecified atom stereocenters. The summed E-state index contributed by atoms with van der Waals surface area (Å²) < 4.78 is 12.5.